The fourth-order valence-electron chi connectivity index (χ4n) is 1.46. The summed E-state index contributed by atoms with van der Waals surface area (Å²) in [5.74, 6) is 0.974. The molecule has 2 aromatic rings. The van der Waals surface area contributed by atoms with Crippen LogP contribution in [0.4, 0.5) is 5.82 Å². The molecule has 16 heavy (non-hydrogen) atoms. The lowest BCUT2D eigenvalue weighted by Crippen LogP contribution is -2.10. The van der Waals surface area contributed by atoms with E-state index in [0.717, 1.165) is 11.4 Å². The maximum atomic E-state index is 5.74. The molecule has 0 bridgehead atoms. The standard InChI is InChI=1S/C11H13ClN4/c1-8(9-3-4-10(12)13-7-9)15-11-5-6-14-16(11)2/h3-8,15H,1-2H3. The van der Waals surface area contributed by atoms with Crippen LogP contribution in [0.2, 0.25) is 5.15 Å². The maximum absolute atomic E-state index is 5.74. The van der Waals surface area contributed by atoms with Crippen molar-refractivity contribution in [3.8, 4) is 0 Å². The van der Waals surface area contributed by atoms with Gasteiger partial charge >= 0.3 is 0 Å². The molecule has 0 aliphatic heterocycles. The van der Waals surface area contributed by atoms with Crippen molar-refractivity contribution in [2.75, 3.05) is 5.32 Å². The highest BCUT2D eigenvalue weighted by Crippen LogP contribution is 2.18. The van der Waals surface area contributed by atoms with Crippen LogP contribution in [0.5, 0.6) is 0 Å². The molecule has 2 heterocycles. The average molecular weight is 237 g/mol. The van der Waals surface area contributed by atoms with Crippen LogP contribution < -0.4 is 5.32 Å². The van der Waals surface area contributed by atoms with E-state index < -0.39 is 0 Å². The van der Waals surface area contributed by atoms with Crippen LogP contribution >= 0.6 is 11.6 Å². The van der Waals surface area contributed by atoms with Crippen molar-refractivity contribution in [3.05, 3.63) is 41.3 Å². The van der Waals surface area contributed by atoms with E-state index in [1.807, 2.05) is 19.2 Å². The quantitative estimate of drug-likeness (QED) is 0.834. The Hall–Kier alpha value is -1.55. The minimum absolute atomic E-state index is 0.167. The summed E-state index contributed by atoms with van der Waals surface area (Å²) in [5.41, 5.74) is 1.09. The van der Waals surface area contributed by atoms with E-state index in [2.05, 4.69) is 22.3 Å². The molecule has 0 spiro atoms. The predicted molar refractivity (Wildman–Crippen MR) is 64.5 cm³/mol. The van der Waals surface area contributed by atoms with Gasteiger partial charge in [0.2, 0.25) is 0 Å². The van der Waals surface area contributed by atoms with Crippen molar-refractivity contribution in [1.82, 2.24) is 14.8 Å². The van der Waals surface area contributed by atoms with Gasteiger partial charge in [-0.1, -0.05) is 17.7 Å². The van der Waals surface area contributed by atoms with Gasteiger partial charge in [-0.05, 0) is 18.6 Å². The van der Waals surface area contributed by atoms with Gasteiger partial charge in [0.25, 0.3) is 0 Å². The molecular weight excluding hydrogens is 224 g/mol. The molecule has 5 heteroatoms. The Bertz CT molecular complexity index is 463. The molecule has 0 fully saturated rings. The van der Waals surface area contributed by atoms with Crippen LogP contribution in [0.15, 0.2) is 30.6 Å². The largest absolute Gasteiger partial charge is 0.364 e. The summed E-state index contributed by atoms with van der Waals surface area (Å²) in [6, 6.07) is 5.85. The normalized spacial score (nSPS) is 12.4. The fraction of sp³-hybridized carbons (Fsp3) is 0.273. The van der Waals surface area contributed by atoms with Crippen LogP contribution in [0.1, 0.15) is 18.5 Å². The zero-order valence-electron chi connectivity index (χ0n) is 9.18. The number of aryl methyl sites for hydroxylation is 1. The molecule has 0 saturated heterocycles. The van der Waals surface area contributed by atoms with Gasteiger partial charge in [0.1, 0.15) is 11.0 Å². The third-order valence-electron chi connectivity index (χ3n) is 2.44. The highest BCUT2D eigenvalue weighted by atomic mass is 35.5. The van der Waals surface area contributed by atoms with Crippen LogP contribution in [0.25, 0.3) is 0 Å². The van der Waals surface area contributed by atoms with E-state index >= 15 is 0 Å². The van der Waals surface area contributed by atoms with Crippen molar-refractivity contribution in [3.63, 3.8) is 0 Å². The molecule has 0 saturated carbocycles. The first-order chi connectivity index (χ1) is 7.66. The van der Waals surface area contributed by atoms with Gasteiger partial charge < -0.3 is 5.32 Å². The zero-order valence-corrected chi connectivity index (χ0v) is 9.94. The molecule has 0 radical (unpaired) electrons. The second-order valence-electron chi connectivity index (χ2n) is 3.62. The van der Waals surface area contributed by atoms with E-state index in [4.69, 9.17) is 11.6 Å². The molecule has 0 amide bonds. The third-order valence-corrected chi connectivity index (χ3v) is 2.66. The van der Waals surface area contributed by atoms with Gasteiger partial charge in [-0.3, -0.25) is 4.68 Å². The topological polar surface area (TPSA) is 42.7 Å². The van der Waals surface area contributed by atoms with E-state index in [-0.39, 0.29) is 6.04 Å². The number of nitrogens with zero attached hydrogens (tertiary/aromatic N) is 3. The number of pyridine rings is 1. The number of rotatable bonds is 3. The van der Waals surface area contributed by atoms with Gasteiger partial charge in [0.15, 0.2) is 0 Å². The number of hydrogen-bond donors (Lipinski definition) is 1. The Morgan fingerprint density at radius 2 is 2.19 bits per heavy atom. The van der Waals surface area contributed by atoms with Gasteiger partial charge in [-0.2, -0.15) is 5.10 Å². The highest BCUT2D eigenvalue weighted by molar-refractivity contribution is 6.29. The summed E-state index contributed by atoms with van der Waals surface area (Å²) in [5, 5.41) is 7.95. The van der Waals surface area contributed by atoms with E-state index in [1.54, 1.807) is 23.1 Å². The fourth-order valence-corrected chi connectivity index (χ4v) is 1.58. The monoisotopic (exact) mass is 236 g/mol. The summed E-state index contributed by atoms with van der Waals surface area (Å²) in [6.45, 7) is 2.07. The van der Waals surface area contributed by atoms with Gasteiger partial charge in [-0.15, -0.1) is 0 Å². The smallest absolute Gasteiger partial charge is 0.129 e. The van der Waals surface area contributed by atoms with E-state index in [1.165, 1.54) is 0 Å². The van der Waals surface area contributed by atoms with Crippen LogP contribution in [-0.2, 0) is 7.05 Å². The Balaban J connectivity index is 2.11. The molecule has 1 N–H and O–H groups in total. The Kier molecular flexibility index (Phi) is 3.10. The van der Waals surface area contributed by atoms with Crippen LogP contribution in [0.3, 0.4) is 0 Å². The molecular formula is C11H13ClN4. The summed E-state index contributed by atoms with van der Waals surface area (Å²) in [6.07, 6.45) is 3.53. The van der Waals surface area contributed by atoms with E-state index in [9.17, 15) is 0 Å². The number of anilines is 1. The molecule has 84 valence electrons. The van der Waals surface area contributed by atoms with Crippen molar-refractivity contribution in [2.24, 2.45) is 7.05 Å². The number of halogens is 1. The Morgan fingerprint density at radius 3 is 2.75 bits per heavy atom. The number of hydrogen-bond acceptors (Lipinski definition) is 3. The second kappa shape index (κ2) is 4.53. The zero-order chi connectivity index (χ0) is 11.5. The molecule has 0 aromatic carbocycles. The molecule has 4 nitrogen and oxygen atoms in total. The lowest BCUT2D eigenvalue weighted by atomic mass is 10.1. The molecule has 1 unspecified atom stereocenters. The minimum atomic E-state index is 0.167. The second-order valence-corrected chi connectivity index (χ2v) is 4.01. The summed E-state index contributed by atoms with van der Waals surface area (Å²) in [4.78, 5) is 4.05. The SMILES string of the molecule is CC(Nc1ccnn1C)c1ccc(Cl)nc1. The number of nitrogens with one attached hydrogen (secondary N) is 1. The molecule has 2 aromatic heterocycles. The summed E-state index contributed by atoms with van der Waals surface area (Å²) >= 11 is 5.74. The van der Waals surface area contributed by atoms with Crippen molar-refractivity contribution < 1.29 is 0 Å². The molecule has 0 aliphatic rings. The lowest BCUT2D eigenvalue weighted by Gasteiger charge is -2.15. The predicted octanol–water partition coefficient (Wildman–Crippen LogP) is 2.64. The summed E-state index contributed by atoms with van der Waals surface area (Å²) in [7, 11) is 1.90. The van der Waals surface area contributed by atoms with Gasteiger partial charge in [-0.25, -0.2) is 4.98 Å². The first-order valence-corrected chi connectivity index (χ1v) is 5.40. The van der Waals surface area contributed by atoms with Crippen molar-refractivity contribution in [2.45, 2.75) is 13.0 Å². The Morgan fingerprint density at radius 1 is 1.38 bits per heavy atom. The van der Waals surface area contributed by atoms with Gasteiger partial charge in [0, 0.05) is 19.3 Å². The average Bonchev–Trinajstić information content (AvgIpc) is 2.65. The highest BCUT2D eigenvalue weighted by Gasteiger charge is 2.07. The molecule has 2 rings (SSSR count). The Labute approximate surface area is 99.3 Å². The number of aromatic nitrogens is 3. The maximum Gasteiger partial charge on any atom is 0.129 e. The lowest BCUT2D eigenvalue weighted by molar-refractivity contribution is 0.750. The van der Waals surface area contributed by atoms with Crippen molar-refractivity contribution >= 4 is 17.4 Å². The molecule has 1 atom stereocenters. The first kappa shape index (κ1) is 11.0. The van der Waals surface area contributed by atoms with Crippen molar-refractivity contribution in [1.29, 1.82) is 0 Å². The van der Waals surface area contributed by atoms with Gasteiger partial charge in [0.05, 0.1) is 12.2 Å². The van der Waals surface area contributed by atoms with Crippen LogP contribution in [0, 0.1) is 0 Å². The third kappa shape index (κ3) is 2.33. The first-order valence-electron chi connectivity index (χ1n) is 5.03. The minimum Gasteiger partial charge on any atom is -0.364 e. The summed E-state index contributed by atoms with van der Waals surface area (Å²) < 4.78 is 1.79. The van der Waals surface area contributed by atoms with E-state index in [0.29, 0.717) is 5.15 Å². The molecule has 0 aliphatic carbocycles. The van der Waals surface area contributed by atoms with Crippen LogP contribution in [-0.4, -0.2) is 14.8 Å².